The number of hydrogen-bond acceptors (Lipinski definition) is 5. The van der Waals surface area contributed by atoms with Gasteiger partial charge in [-0.15, -0.1) is 0 Å². The van der Waals surface area contributed by atoms with Crippen molar-refractivity contribution in [2.45, 2.75) is 39.8 Å². The standard InChI is InChI=1S/C24H32ClN3O5S/c1-6-20(24(30)26-7-2)27(15-18-10-8-9-11-19(18)25)23(29)16-28(34(5,31)32)21-14-17(3)12-13-22(21)33-4/h8-14,20H,6-7,15-16H2,1-5H3,(H,26,30). The van der Waals surface area contributed by atoms with Crippen molar-refractivity contribution in [3.8, 4) is 5.75 Å². The Morgan fingerprint density at radius 1 is 1.15 bits per heavy atom. The van der Waals surface area contributed by atoms with Gasteiger partial charge < -0.3 is 15.0 Å². The van der Waals surface area contributed by atoms with Crippen LogP contribution < -0.4 is 14.4 Å². The number of rotatable bonds is 11. The fourth-order valence-electron chi connectivity index (χ4n) is 3.61. The molecule has 0 bridgehead atoms. The van der Waals surface area contributed by atoms with Crippen LogP contribution in [0.1, 0.15) is 31.4 Å². The van der Waals surface area contributed by atoms with Gasteiger partial charge in [0.15, 0.2) is 0 Å². The smallest absolute Gasteiger partial charge is 0.244 e. The van der Waals surface area contributed by atoms with Crippen molar-refractivity contribution in [3.63, 3.8) is 0 Å². The second-order valence-corrected chi connectivity index (χ2v) is 10.2. The lowest BCUT2D eigenvalue weighted by molar-refractivity contribution is -0.140. The predicted molar refractivity (Wildman–Crippen MR) is 135 cm³/mol. The molecule has 10 heteroatoms. The SMILES string of the molecule is CCNC(=O)C(CC)N(Cc1ccccc1Cl)C(=O)CN(c1cc(C)ccc1OC)S(C)(=O)=O. The molecule has 8 nitrogen and oxygen atoms in total. The monoisotopic (exact) mass is 509 g/mol. The van der Waals surface area contributed by atoms with Gasteiger partial charge in [-0.2, -0.15) is 0 Å². The van der Waals surface area contributed by atoms with E-state index in [2.05, 4.69) is 5.32 Å². The van der Waals surface area contributed by atoms with Crippen LogP contribution in [0.15, 0.2) is 42.5 Å². The fourth-order valence-corrected chi connectivity index (χ4v) is 4.65. The second kappa shape index (κ2) is 12.1. The van der Waals surface area contributed by atoms with Gasteiger partial charge in [0.25, 0.3) is 0 Å². The summed E-state index contributed by atoms with van der Waals surface area (Å²) in [4.78, 5) is 27.8. The van der Waals surface area contributed by atoms with Crippen LogP contribution in [0.2, 0.25) is 5.02 Å². The van der Waals surface area contributed by atoms with Crippen molar-refractivity contribution in [1.82, 2.24) is 10.2 Å². The Labute approximate surface area is 206 Å². The number of aryl methyl sites for hydroxylation is 1. The molecule has 1 atom stereocenters. The van der Waals surface area contributed by atoms with E-state index in [-0.39, 0.29) is 18.1 Å². The van der Waals surface area contributed by atoms with E-state index in [4.69, 9.17) is 16.3 Å². The third-order valence-electron chi connectivity index (χ3n) is 5.32. The van der Waals surface area contributed by atoms with Gasteiger partial charge in [-0.1, -0.05) is 42.8 Å². The number of nitrogens with zero attached hydrogens (tertiary/aromatic N) is 2. The number of amides is 2. The maximum atomic E-state index is 13.6. The van der Waals surface area contributed by atoms with Crippen LogP contribution in [-0.2, 0) is 26.2 Å². The molecule has 1 N–H and O–H groups in total. The number of benzene rings is 2. The number of sulfonamides is 1. The highest BCUT2D eigenvalue weighted by Gasteiger charge is 2.32. The first-order chi connectivity index (χ1) is 16.0. The molecule has 0 radical (unpaired) electrons. The average Bonchev–Trinajstić information content (AvgIpc) is 2.77. The lowest BCUT2D eigenvalue weighted by Gasteiger charge is -2.33. The molecule has 2 aromatic rings. The van der Waals surface area contributed by atoms with Gasteiger partial charge in [-0.25, -0.2) is 8.42 Å². The Balaban J connectivity index is 2.52. The molecular formula is C24H32ClN3O5S. The molecule has 0 saturated carbocycles. The summed E-state index contributed by atoms with van der Waals surface area (Å²) in [5, 5.41) is 3.21. The van der Waals surface area contributed by atoms with Crippen molar-refractivity contribution in [3.05, 3.63) is 58.6 Å². The molecule has 0 spiro atoms. The van der Waals surface area contributed by atoms with Crippen LogP contribution in [-0.4, -0.2) is 57.6 Å². The molecule has 0 fully saturated rings. The van der Waals surface area contributed by atoms with Gasteiger partial charge in [-0.3, -0.25) is 13.9 Å². The van der Waals surface area contributed by atoms with Gasteiger partial charge in [-0.05, 0) is 49.6 Å². The summed E-state index contributed by atoms with van der Waals surface area (Å²) < 4.78 is 31.9. The van der Waals surface area contributed by atoms with Gasteiger partial charge in [0.1, 0.15) is 18.3 Å². The van der Waals surface area contributed by atoms with Gasteiger partial charge in [0.05, 0.1) is 19.1 Å². The van der Waals surface area contributed by atoms with Crippen LogP contribution in [0, 0.1) is 6.92 Å². The Kier molecular flexibility index (Phi) is 9.76. The maximum Gasteiger partial charge on any atom is 0.244 e. The van der Waals surface area contributed by atoms with Gasteiger partial charge >= 0.3 is 0 Å². The maximum absolute atomic E-state index is 13.6. The largest absolute Gasteiger partial charge is 0.495 e. The Morgan fingerprint density at radius 3 is 2.38 bits per heavy atom. The number of likely N-dealkylation sites (N-methyl/N-ethyl adjacent to an activating group) is 1. The number of carbonyl (C=O) groups excluding carboxylic acids is 2. The minimum absolute atomic E-state index is 0.0523. The minimum Gasteiger partial charge on any atom is -0.495 e. The Bertz CT molecular complexity index is 1120. The van der Waals surface area contributed by atoms with Crippen LogP contribution in [0.4, 0.5) is 5.69 Å². The zero-order valence-electron chi connectivity index (χ0n) is 20.2. The van der Waals surface area contributed by atoms with E-state index >= 15 is 0 Å². The summed E-state index contributed by atoms with van der Waals surface area (Å²) in [7, 11) is -2.43. The number of halogens is 1. The van der Waals surface area contributed by atoms with E-state index < -0.39 is 28.5 Å². The normalized spacial score (nSPS) is 12.1. The molecule has 0 aliphatic heterocycles. The fraction of sp³-hybridized carbons (Fsp3) is 0.417. The number of ether oxygens (including phenoxy) is 1. The minimum atomic E-state index is -3.86. The molecule has 0 aliphatic carbocycles. The highest BCUT2D eigenvalue weighted by molar-refractivity contribution is 7.92. The Hall–Kier alpha value is -2.78. The lowest BCUT2D eigenvalue weighted by atomic mass is 10.1. The first-order valence-corrected chi connectivity index (χ1v) is 13.2. The van der Waals surface area contributed by atoms with E-state index in [1.165, 1.54) is 12.0 Å². The van der Waals surface area contributed by atoms with Crippen LogP contribution in [0.3, 0.4) is 0 Å². The highest BCUT2D eigenvalue weighted by atomic mass is 35.5. The molecule has 2 rings (SSSR count). The lowest BCUT2D eigenvalue weighted by Crippen LogP contribution is -2.52. The van der Waals surface area contributed by atoms with Crippen molar-refractivity contribution >= 4 is 39.1 Å². The second-order valence-electron chi connectivity index (χ2n) is 7.88. The summed E-state index contributed by atoms with van der Waals surface area (Å²) in [6.45, 7) is 5.36. The molecule has 0 heterocycles. The molecule has 0 aromatic heterocycles. The van der Waals surface area contributed by atoms with Crippen molar-refractivity contribution in [1.29, 1.82) is 0 Å². The molecule has 34 heavy (non-hydrogen) atoms. The first-order valence-electron chi connectivity index (χ1n) is 11.0. The molecule has 0 saturated heterocycles. The third kappa shape index (κ3) is 6.87. The zero-order valence-corrected chi connectivity index (χ0v) is 21.7. The number of anilines is 1. The first kappa shape index (κ1) is 27.5. The van der Waals surface area contributed by atoms with E-state index in [0.717, 1.165) is 16.1 Å². The molecular weight excluding hydrogens is 478 g/mol. The van der Waals surface area contributed by atoms with Crippen LogP contribution in [0.5, 0.6) is 5.75 Å². The number of nitrogens with one attached hydrogen (secondary N) is 1. The average molecular weight is 510 g/mol. The molecule has 1 unspecified atom stereocenters. The highest BCUT2D eigenvalue weighted by Crippen LogP contribution is 2.31. The third-order valence-corrected chi connectivity index (χ3v) is 6.81. The number of hydrogen-bond donors (Lipinski definition) is 1. The van der Waals surface area contributed by atoms with Crippen LogP contribution in [0.25, 0.3) is 0 Å². The number of methoxy groups -OCH3 is 1. The summed E-state index contributed by atoms with van der Waals surface area (Å²) in [6, 6.07) is 11.3. The van der Waals surface area contributed by atoms with Crippen molar-refractivity contribution in [2.24, 2.45) is 0 Å². The van der Waals surface area contributed by atoms with E-state index in [9.17, 15) is 18.0 Å². The molecule has 2 aromatic carbocycles. The van der Waals surface area contributed by atoms with Crippen molar-refractivity contribution in [2.75, 3.05) is 30.8 Å². The summed E-state index contributed by atoms with van der Waals surface area (Å²) in [5.74, 6) is -0.534. The quantitative estimate of drug-likeness (QED) is 0.501. The predicted octanol–water partition coefficient (Wildman–Crippen LogP) is 3.37. The molecule has 186 valence electrons. The van der Waals surface area contributed by atoms with Gasteiger partial charge in [0.2, 0.25) is 21.8 Å². The van der Waals surface area contributed by atoms with E-state index in [0.29, 0.717) is 29.3 Å². The number of carbonyl (C=O) groups is 2. The van der Waals surface area contributed by atoms with Gasteiger partial charge in [0, 0.05) is 18.1 Å². The summed E-state index contributed by atoms with van der Waals surface area (Å²) >= 11 is 6.33. The molecule has 0 aliphatic rings. The topological polar surface area (TPSA) is 96.0 Å². The Morgan fingerprint density at radius 2 is 1.82 bits per heavy atom. The van der Waals surface area contributed by atoms with Crippen LogP contribution >= 0.6 is 11.6 Å². The van der Waals surface area contributed by atoms with Crippen molar-refractivity contribution < 1.29 is 22.7 Å². The summed E-state index contributed by atoms with van der Waals surface area (Å²) in [5.41, 5.74) is 1.71. The van der Waals surface area contributed by atoms with E-state index in [1.807, 2.05) is 6.92 Å². The molecule has 2 amide bonds. The van der Waals surface area contributed by atoms with E-state index in [1.54, 1.807) is 56.3 Å². The zero-order chi connectivity index (χ0) is 25.5. The summed E-state index contributed by atoms with van der Waals surface area (Å²) in [6.07, 6.45) is 1.37.